The van der Waals surface area contributed by atoms with Gasteiger partial charge in [0.05, 0.1) is 44.7 Å². The van der Waals surface area contributed by atoms with Gasteiger partial charge in [0, 0.05) is 20.8 Å². The normalized spacial score (nSPS) is 16.0. The molecular weight excluding hydrogens is 718 g/mol. The van der Waals surface area contributed by atoms with E-state index >= 15 is 0 Å². The maximum absolute atomic E-state index is 13.0. The van der Waals surface area contributed by atoms with Crippen LogP contribution >= 0.6 is 0 Å². The van der Waals surface area contributed by atoms with E-state index in [1.807, 2.05) is 60.7 Å². The number of halogens is 2. The van der Waals surface area contributed by atoms with Gasteiger partial charge in [-0.3, -0.25) is 9.59 Å². The second-order valence-corrected chi connectivity index (χ2v) is 12.3. The minimum atomic E-state index is -0.906. The van der Waals surface area contributed by atoms with E-state index in [4.69, 9.17) is 24.1 Å². The lowest BCUT2D eigenvalue weighted by Gasteiger charge is -2.26. The molecule has 0 saturated carbocycles. The molecule has 0 radical (unpaired) electrons. The van der Waals surface area contributed by atoms with Crippen molar-refractivity contribution in [2.24, 2.45) is 0 Å². The summed E-state index contributed by atoms with van der Waals surface area (Å²) in [5, 5.41) is 12.4. The molecule has 4 aromatic carbocycles. The zero-order valence-corrected chi connectivity index (χ0v) is 30.5. The largest absolute Gasteiger partial charge is 0.481 e. The number of carboxylic acid groups (broad SMARTS) is 1. The Labute approximate surface area is 317 Å². The van der Waals surface area contributed by atoms with Gasteiger partial charge in [-0.2, -0.15) is 0 Å². The Morgan fingerprint density at radius 2 is 1.09 bits per heavy atom. The quantitative estimate of drug-likeness (QED) is 0.216. The molecule has 0 aromatic heterocycles. The topological polar surface area (TPSA) is 147 Å². The zero-order chi connectivity index (χ0) is 39.6. The average Bonchev–Trinajstić information content (AvgIpc) is 3.88. The molecule has 292 valence electrons. The summed E-state index contributed by atoms with van der Waals surface area (Å²) in [4.78, 5) is 47.0. The van der Waals surface area contributed by atoms with Gasteiger partial charge in [-0.15, -0.1) is 0 Å². The molecule has 0 bridgehead atoms. The number of nitrogens with zero attached hydrogens (tertiary/aromatic N) is 3. The number of carbonyl (C=O) groups excluding carboxylic acids is 3. The molecule has 2 fully saturated rings. The Morgan fingerprint density at radius 1 is 0.618 bits per heavy atom. The van der Waals surface area contributed by atoms with Crippen LogP contribution in [0.2, 0.25) is 0 Å². The van der Waals surface area contributed by atoms with Crippen LogP contribution in [-0.2, 0) is 54.6 Å². The summed E-state index contributed by atoms with van der Waals surface area (Å²) in [6, 6.07) is 30.0. The molecule has 3 amide bonds. The van der Waals surface area contributed by atoms with Gasteiger partial charge in [-0.1, -0.05) is 84.9 Å². The fourth-order valence-electron chi connectivity index (χ4n) is 5.28. The third-order valence-electron chi connectivity index (χ3n) is 8.27. The van der Waals surface area contributed by atoms with Crippen molar-refractivity contribution >= 4 is 24.1 Å². The van der Waals surface area contributed by atoms with Crippen LogP contribution in [0.15, 0.2) is 109 Å². The molecule has 2 atom stereocenters. The van der Waals surface area contributed by atoms with Crippen molar-refractivity contribution in [3.05, 3.63) is 143 Å². The van der Waals surface area contributed by atoms with Crippen LogP contribution in [0.1, 0.15) is 22.3 Å². The van der Waals surface area contributed by atoms with Gasteiger partial charge in [-0.25, -0.2) is 38.8 Å². The molecule has 0 spiro atoms. The number of hydrazine groups is 2. The first kappa shape index (κ1) is 41.9. The van der Waals surface area contributed by atoms with Gasteiger partial charge in [-0.05, 0) is 46.5 Å². The maximum Gasteiger partial charge on any atom is 0.429 e. The highest BCUT2D eigenvalue weighted by molar-refractivity contribution is 5.82. The van der Waals surface area contributed by atoms with E-state index in [1.54, 1.807) is 19.2 Å². The highest BCUT2D eigenvalue weighted by Gasteiger charge is 2.37. The van der Waals surface area contributed by atoms with Crippen molar-refractivity contribution in [1.29, 1.82) is 0 Å². The van der Waals surface area contributed by atoms with Crippen molar-refractivity contribution in [3.8, 4) is 0 Å². The molecule has 2 aliphatic rings. The molecular formula is C40H44F2N4O9. The van der Waals surface area contributed by atoms with Gasteiger partial charge < -0.3 is 24.1 Å². The summed E-state index contributed by atoms with van der Waals surface area (Å²) in [7, 11) is 3.16. The van der Waals surface area contributed by atoms with E-state index in [0.29, 0.717) is 24.2 Å². The van der Waals surface area contributed by atoms with Gasteiger partial charge in [0.25, 0.3) is 0 Å². The molecule has 2 N–H and O–H groups in total. The Morgan fingerprint density at radius 3 is 1.56 bits per heavy atom. The number of carboxylic acids is 1. The zero-order valence-electron chi connectivity index (χ0n) is 30.5. The minimum absolute atomic E-state index is 0.0410. The van der Waals surface area contributed by atoms with E-state index < -0.39 is 12.1 Å². The Hall–Kier alpha value is -5.90. The first-order valence-electron chi connectivity index (χ1n) is 17.3. The molecule has 2 saturated heterocycles. The monoisotopic (exact) mass is 762 g/mol. The van der Waals surface area contributed by atoms with Crippen LogP contribution in [0, 0.1) is 11.6 Å². The Balaban J connectivity index is 0.000000204. The molecule has 4 aromatic rings. The summed E-state index contributed by atoms with van der Waals surface area (Å²) in [5.74, 6) is -1.90. The van der Waals surface area contributed by atoms with Crippen LogP contribution in [0.4, 0.5) is 18.4 Å². The lowest BCUT2D eigenvalue weighted by atomic mass is 10.1. The molecule has 2 unspecified atom stereocenters. The average molecular weight is 763 g/mol. The minimum Gasteiger partial charge on any atom is -0.481 e. The number of carbonyl (C=O) groups is 4. The number of benzene rings is 4. The molecule has 0 aliphatic carbocycles. The lowest BCUT2D eigenvalue weighted by molar-refractivity contribution is -0.141. The summed E-state index contributed by atoms with van der Waals surface area (Å²) in [6.07, 6.45) is -1.22. The molecule has 55 heavy (non-hydrogen) atoms. The molecule has 2 aliphatic heterocycles. The number of ether oxygens (including phenoxy) is 4. The Bertz CT molecular complexity index is 1800. The number of methoxy groups -OCH3 is 2. The van der Waals surface area contributed by atoms with Crippen LogP contribution < -0.4 is 5.43 Å². The molecule has 13 nitrogen and oxygen atoms in total. The SMILES string of the molecule is COC1CN(C(=O)Cc2ccc(F)cc2)N(C(=O)OCc2ccccc2)C1.COC1CNN(C(=O)OCc2ccccc2)C1.O=C(O)Cc1ccc(F)cc1. The van der Waals surface area contributed by atoms with Crippen molar-refractivity contribution in [2.75, 3.05) is 40.4 Å². The van der Waals surface area contributed by atoms with Gasteiger partial charge in [0.2, 0.25) is 5.91 Å². The van der Waals surface area contributed by atoms with Gasteiger partial charge in [0.15, 0.2) is 0 Å². The highest BCUT2D eigenvalue weighted by atomic mass is 19.1. The smallest absolute Gasteiger partial charge is 0.429 e. The van der Waals surface area contributed by atoms with E-state index in [9.17, 15) is 28.0 Å². The van der Waals surface area contributed by atoms with Crippen molar-refractivity contribution in [1.82, 2.24) is 20.5 Å². The summed E-state index contributed by atoms with van der Waals surface area (Å²) < 4.78 is 46.3. The second-order valence-electron chi connectivity index (χ2n) is 12.3. The maximum atomic E-state index is 13.0. The lowest BCUT2D eigenvalue weighted by Crippen LogP contribution is -2.45. The number of amides is 3. The number of rotatable bonds is 10. The number of hydrogen-bond donors (Lipinski definition) is 2. The second kappa shape index (κ2) is 21.7. The Kier molecular flexibility index (Phi) is 16.5. The van der Waals surface area contributed by atoms with Crippen molar-refractivity contribution < 1.29 is 52.0 Å². The molecule has 15 heteroatoms. The summed E-state index contributed by atoms with van der Waals surface area (Å²) in [6.45, 7) is 2.06. The third kappa shape index (κ3) is 14.1. The van der Waals surface area contributed by atoms with Crippen LogP contribution in [-0.4, -0.2) is 96.8 Å². The van der Waals surface area contributed by atoms with Crippen LogP contribution in [0.25, 0.3) is 0 Å². The fraction of sp³-hybridized carbons (Fsp3) is 0.300. The van der Waals surface area contributed by atoms with Gasteiger partial charge in [0.1, 0.15) is 24.8 Å². The van der Waals surface area contributed by atoms with Crippen molar-refractivity contribution in [3.63, 3.8) is 0 Å². The predicted molar refractivity (Wildman–Crippen MR) is 196 cm³/mol. The first-order valence-corrected chi connectivity index (χ1v) is 17.3. The predicted octanol–water partition coefficient (Wildman–Crippen LogP) is 5.39. The number of hydrogen-bond acceptors (Lipinski definition) is 9. The van der Waals surface area contributed by atoms with E-state index in [0.717, 1.165) is 11.1 Å². The third-order valence-corrected chi connectivity index (χ3v) is 8.27. The summed E-state index contributed by atoms with van der Waals surface area (Å²) in [5.41, 5.74) is 6.04. The molecule has 2 heterocycles. The van der Waals surface area contributed by atoms with Crippen molar-refractivity contribution in [2.45, 2.75) is 38.3 Å². The first-order chi connectivity index (χ1) is 26.5. The summed E-state index contributed by atoms with van der Waals surface area (Å²) >= 11 is 0. The number of nitrogens with one attached hydrogen (secondary N) is 1. The van der Waals surface area contributed by atoms with E-state index in [2.05, 4.69) is 5.43 Å². The standard InChI is InChI=1S/C20H21FN2O4.C12H16N2O3.C8H7FO2/c1-26-18-12-22(19(24)11-15-7-9-17(21)10-8-15)23(13-18)20(25)27-14-16-5-3-2-4-6-16;1-16-11-7-13-14(8-11)12(15)17-9-10-5-3-2-4-6-10;9-7-3-1-6(2-4-7)5-8(10)11/h2-10,18H,11-14H2,1H3;2-6,11,13H,7-9H2,1H3;1-4H,5H2,(H,10,11). The van der Waals surface area contributed by atoms with E-state index in [1.165, 1.54) is 58.5 Å². The van der Waals surface area contributed by atoms with Crippen LogP contribution in [0.5, 0.6) is 0 Å². The highest BCUT2D eigenvalue weighted by Crippen LogP contribution is 2.18. The van der Waals surface area contributed by atoms with E-state index in [-0.39, 0.29) is 75.0 Å². The van der Waals surface area contributed by atoms with Crippen LogP contribution in [0.3, 0.4) is 0 Å². The number of aliphatic carboxylic acids is 1. The van der Waals surface area contributed by atoms with Gasteiger partial charge >= 0.3 is 18.2 Å². The molecule has 6 rings (SSSR count). The fourth-order valence-corrected chi connectivity index (χ4v) is 5.28.